The number of carbonyl (C=O) groups excluding carboxylic acids is 2. The van der Waals surface area contributed by atoms with Crippen LogP contribution in [0.5, 0.6) is 0 Å². The van der Waals surface area contributed by atoms with Crippen LogP contribution in [-0.4, -0.2) is 48.6 Å². The number of halogens is 1. The van der Waals surface area contributed by atoms with E-state index in [9.17, 15) is 14.0 Å². The highest BCUT2D eigenvalue weighted by Gasteiger charge is 2.33. The molecule has 1 aromatic carbocycles. The average Bonchev–Trinajstić information content (AvgIpc) is 3.50. The van der Waals surface area contributed by atoms with Crippen molar-refractivity contribution in [2.75, 3.05) is 19.7 Å². The summed E-state index contributed by atoms with van der Waals surface area (Å²) in [5.74, 6) is -0.674. The summed E-state index contributed by atoms with van der Waals surface area (Å²) in [6, 6.07) is 4.61. The van der Waals surface area contributed by atoms with Crippen molar-refractivity contribution in [1.82, 2.24) is 10.2 Å². The van der Waals surface area contributed by atoms with Crippen LogP contribution in [0.15, 0.2) is 24.3 Å². The highest BCUT2D eigenvalue weighted by molar-refractivity contribution is 5.92. The van der Waals surface area contributed by atoms with Crippen molar-refractivity contribution in [3.63, 3.8) is 0 Å². The molecule has 0 aliphatic carbocycles. The van der Waals surface area contributed by atoms with Crippen LogP contribution in [0, 0.1) is 12.7 Å². The topological polar surface area (TPSA) is 68.5 Å². The van der Waals surface area contributed by atoms with Gasteiger partial charge in [0.05, 0.1) is 13.0 Å². The molecule has 5 nitrogen and oxygen atoms in total. The summed E-state index contributed by atoms with van der Waals surface area (Å²) < 4.78 is 18.7. The molecule has 1 amide bonds. The molecule has 0 saturated carbocycles. The number of ether oxygens (including phenoxy) is 1. The molecule has 0 spiro atoms. The lowest BCUT2D eigenvalue weighted by atomic mass is 9.94. The van der Waals surface area contributed by atoms with Gasteiger partial charge in [-0.3, -0.25) is 4.79 Å². The molecule has 3 rings (SSSR count). The van der Waals surface area contributed by atoms with Crippen LogP contribution >= 0.6 is 0 Å². The van der Waals surface area contributed by atoms with Gasteiger partial charge in [0, 0.05) is 19.1 Å². The smallest absolute Gasteiger partial charge is 0.328 e. The van der Waals surface area contributed by atoms with E-state index in [2.05, 4.69) is 11.4 Å². The zero-order valence-corrected chi connectivity index (χ0v) is 16.7. The van der Waals surface area contributed by atoms with Crippen molar-refractivity contribution < 1.29 is 18.7 Å². The normalized spacial score (nSPS) is 22.1. The monoisotopic (exact) mass is 388 g/mol. The van der Waals surface area contributed by atoms with Crippen molar-refractivity contribution in [2.45, 2.75) is 58.0 Å². The molecule has 28 heavy (non-hydrogen) atoms. The Kier molecular flexibility index (Phi) is 6.83. The number of hydrogen-bond donors (Lipinski definition) is 1. The standard InChI is InChI=1S/C22H29FN2O3/c1-3-28-22(27)20-6-4-5-11-25(20)21(26)13-16(7-9-18-14-24-18)19-10-8-17(23)12-15(19)2/h7-8,10,12,18,20,24H,3-6,9,11,13-14H2,1-2H3/b16-7-/t18?,20-/m0/s1. The highest BCUT2D eigenvalue weighted by atomic mass is 19.1. The number of nitrogens with one attached hydrogen (secondary N) is 1. The maximum Gasteiger partial charge on any atom is 0.328 e. The Morgan fingerprint density at radius 1 is 1.36 bits per heavy atom. The van der Waals surface area contributed by atoms with E-state index in [0.29, 0.717) is 25.6 Å². The van der Waals surface area contributed by atoms with Gasteiger partial charge in [0.2, 0.25) is 5.91 Å². The van der Waals surface area contributed by atoms with Gasteiger partial charge < -0.3 is 15.0 Å². The number of aryl methyl sites for hydroxylation is 1. The van der Waals surface area contributed by atoms with Gasteiger partial charge in [0.1, 0.15) is 11.9 Å². The third-order valence-electron chi connectivity index (χ3n) is 5.40. The first-order chi connectivity index (χ1) is 13.5. The van der Waals surface area contributed by atoms with Crippen LogP contribution in [0.2, 0.25) is 0 Å². The lowest BCUT2D eigenvalue weighted by Crippen LogP contribution is -2.48. The Balaban J connectivity index is 1.79. The molecule has 1 unspecified atom stereocenters. The average molecular weight is 388 g/mol. The summed E-state index contributed by atoms with van der Waals surface area (Å²) in [5.41, 5.74) is 2.59. The molecule has 0 bridgehead atoms. The number of esters is 1. The third-order valence-corrected chi connectivity index (χ3v) is 5.40. The number of rotatable bonds is 7. The first-order valence-electron chi connectivity index (χ1n) is 10.1. The van der Waals surface area contributed by atoms with E-state index in [1.165, 1.54) is 12.1 Å². The second kappa shape index (κ2) is 9.32. The van der Waals surface area contributed by atoms with Crippen LogP contribution < -0.4 is 5.32 Å². The fourth-order valence-electron chi connectivity index (χ4n) is 3.78. The fourth-order valence-corrected chi connectivity index (χ4v) is 3.78. The van der Waals surface area contributed by atoms with Gasteiger partial charge in [-0.1, -0.05) is 12.1 Å². The Morgan fingerprint density at radius 2 is 2.14 bits per heavy atom. The maximum absolute atomic E-state index is 13.5. The molecule has 2 atom stereocenters. The van der Waals surface area contributed by atoms with E-state index in [1.54, 1.807) is 17.9 Å². The number of likely N-dealkylation sites (tertiary alicyclic amines) is 1. The summed E-state index contributed by atoms with van der Waals surface area (Å²) in [6.07, 6.45) is 5.57. The van der Waals surface area contributed by atoms with Gasteiger partial charge >= 0.3 is 5.97 Å². The first kappa shape index (κ1) is 20.5. The summed E-state index contributed by atoms with van der Waals surface area (Å²) in [4.78, 5) is 27.1. The Labute approximate surface area is 165 Å². The second-order valence-corrected chi connectivity index (χ2v) is 7.56. The lowest BCUT2D eigenvalue weighted by Gasteiger charge is -2.34. The van der Waals surface area contributed by atoms with Crippen molar-refractivity contribution in [3.8, 4) is 0 Å². The molecule has 2 aliphatic heterocycles. The van der Waals surface area contributed by atoms with Gasteiger partial charge in [-0.05, 0) is 68.4 Å². The van der Waals surface area contributed by atoms with E-state index >= 15 is 0 Å². The molecule has 2 fully saturated rings. The van der Waals surface area contributed by atoms with Crippen molar-refractivity contribution in [1.29, 1.82) is 0 Å². The molecule has 1 N–H and O–H groups in total. The van der Waals surface area contributed by atoms with Crippen LogP contribution in [0.3, 0.4) is 0 Å². The molecule has 0 aromatic heterocycles. The number of hydrogen-bond acceptors (Lipinski definition) is 4. The first-order valence-corrected chi connectivity index (χ1v) is 10.1. The van der Waals surface area contributed by atoms with Crippen LogP contribution in [0.1, 0.15) is 50.2 Å². The second-order valence-electron chi connectivity index (χ2n) is 7.56. The fraction of sp³-hybridized carbons (Fsp3) is 0.545. The van der Waals surface area contributed by atoms with Crippen molar-refractivity contribution in [3.05, 3.63) is 41.2 Å². The van der Waals surface area contributed by atoms with Gasteiger partial charge in [0.25, 0.3) is 0 Å². The molecule has 2 heterocycles. The Morgan fingerprint density at radius 3 is 2.82 bits per heavy atom. The minimum atomic E-state index is -0.498. The summed E-state index contributed by atoms with van der Waals surface area (Å²) >= 11 is 0. The van der Waals surface area contributed by atoms with Gasteiger partial charge in [-0.15, -0.1) is 0 Å². The minimum Gasteiger partial charge on any atom is -0.464 e. The molecule has 2 saturated heterocycles. The number of amides is 1. The van der Waals surface area contributed by atoms with E-state index in [1.807, 2.05) is 6.92 Å². The van der Waals surface area contributed by atoms with E-state index < -0.39 is 6.04 Å². The van der Waals surface area contributed by atoms with Gasteiger partial charge in [-0.2, -0.15) is 0 Å². The molecule has 0 radical (unpaired) electrons. The molecule has 152 valence electrons. The summed E-state index contributed by atoms with van der Waals surface area (Å²) in [6.45, 7) is 5.50. The summed E-state index contributed by atoms with van der Waals surface area (Å²) in [5, 5.41) is 3.26. The quantitative estimate of drug-likeness (QED) is 0.575. The van der Waals surface area contributed by atoms with Crippen LogP contribution in [0.25, 0.3) is 5.57 Å². The van der Waals surface area contributed by atoms with Gasteiger partial charge in [0.15, 0.2) is 0 Å². The molecular weight excluding hydrogens is 359 g/mol. The number of piperidine rings is 1. The zero-order valence-electron chi connectivity index (χ0n) is 16.7. The molecule has 6 heteroatoms. The molecule has 2 aliphatic rings. The van der Waals surface area contributed by atoms with Crippen molar-refractivity contribution in [2.24, 2.45) is 0 Å². The number of carbonyl (C=O) groups is 2. The van der Waals surface area contributed by atoms with E-state index in [4.69, 9.17) is 4.74 Å². The highest BCUT2D eigenvalue weighted by Crippen LogP contribution is 2.27. The predicted molar refractivity (Wildman–Crippen MR) is 106 cm³/mol. The Bertz CT molecular complexity index is 758. The van der Waals surface area contributed by atoms with Gasteiger partial charge in [-0.25, -0.2) is 9.18 Å². The maximum atomic E-state index is 13.5. The lowest BCUT2D eigenvalue weighted by molar-refractivity contribution is -0.156. The van der Waals surface area contributed by atoms with E-state index in [0.717, 1.165) is 42.5 Å². The zero-order chi connectivity index (χ0) is 20.1. The largest absolute Gasteiger partial charge is 0.464 e. The van der Waals surface area contributed by atoms with Crippen molar-refractivity contribution >= 4 is 17.4 Å². The SMILES string of the molecule is CCOC(=O)[C@@H]1CCCCN1C(=O)C/C(=C/CC1CN1)c1ccc(F)cc1C. The summed E-state index contributed by atoms with van der Waals surface area (Å²) in [7, 11) is 0. The Hall–Kier alpha value is -2.21. The van der Waals surface area contributed by atoms with Crippen LogP contribution in [0.4, 0.5) is 4.39 Å². The number of nitrogens with zero attached hydrogens (tertiary/aromatic N) is 1. The third kappa shape index (κ3) is 5.19. The number of benzene rings is 1. The predicted octanol–water partition coefficient (Wildman–Crippen LogP) is 3.21. The minimum absolute atomic E-state index is 0.0727. The molecular formula is C22H29FN2O3. The van der Waals surface area contributed by atoms with E-state index in [-0.39, 0.29) is 24.1 Å². The molecule has 1 aromatic rings. The van der Waals surface area contributed by atoms with Crippen LogP contribution in [-0.2, 0) is 14.3 Å².